The molecule has 0 radical (unpaired) electrons. The smallest absolute Gasteiger partial charge is 0.192 e. The lowest BCUT2D eigenvalue weighted by molar-refractivity contribution is -0.141. The molecular formula is C24H46O4Si. The Bertz CT molecular complexity index is 556. The van der Waals surface area contributed by atoms with Crippen molar-refractivity contribution in [2.24, 2.45) is 23.7 Å². The first-order valence-corrected chi connectivity index (χ1v) is 14.9. The van der Waals surface area contributed by atoms with Gasteiger partial charge in [0.1, 0.15) is 0 Å². The quantitative estimate of drug-likeness (QED) is 0.357. The van der Waals surface area contributed by atoms with Gasteiger partial charge in [-0.05, 0) is 74.9 Å². The average Bonchev–Trinajstić information content (AvgIpc) is 3.49. The second kappa shape index (κ2) is 8.53. The van der Waals surface area contributed by atoms with Crippen molar-refractivity contribution in [3.8, 4) is 0 Å². The van der Waals surface area contributed by atoms with Gasteiger partial charge in [0, 0.05) is 6.10 Å². The summed E-state index contributed by atoms with van der Waals surface area (Å²) in [5.74, 6) is 1.34. The summed E-state index contributed by atoms with van der Waals surface area (Å²) >= 11 is 0. The van der Waals surface area contributed by atoms with E-state index in [9.17, 15) is 5.11 Å². The summed E-state index contributed by atoms with van der Waals surface area (Å²) in [5, 5.41) is 11.3. The second-order valence-electron chi connectivity index (χ2n) is 11.9. The SMILES string of the molecule is CCCCC[C@@H](O[Si](C)(C)C(C)(C)C)[C@@H]1C[C@H]1[C@@H](O)[C@H]1C[C@@H]1[C@H]1COC(C)(C)O1. The molecule has 0 bridgehead atoms. The molecule has 0 amide bonds. The zero-order valence-corrected chi connectivity index (χ0v) is 21.2. The Morgan fingerprint density at radius 3 is 2.34 bits per heavy atom. The normalized spacial score (nSPS) is 36.1. The summed E-state index contributed by atoms with van der Waals surface area (Å²) in [6.07, 6.45) is 7.40. The van der Waals surface area contributed by atoms with Crippen molar-refractivity contribution in [1.82, 2.24) is 0 Å². The van der Waals surface area contributed by atoms with Crippen LogP contribution in [-0.4, -0.2) is 44.1 Å². The zero-order chi connectivity index (χ0) is 21.6. The van der Waals surface area contributed by atoms with Gasteiger partial charge in [-0.2, -0.15) is 0 Å². The third kappa shape index (κ3) is 5.65. The summed E-state index contributed by atoms with van der Waals surface area (Å²) in [7, 11) is -1.80. The van der Waals surface area contributed by atoms with E-state index in [-0.39, 0.29) is 17.2 Å². The van der Waals surface area contributed by atoms with Crippen molar-refractivity contribution in [3.63, 3.8) is 0 Å². The predicted octanol–water partition coefficient (Wildman–Crippen LogP) is 5.74. The molecule has 170 valence electrons. The number of aliphatic hydroxyl groups excluding tert-OH is 1. The molecule has 0 unspecified atom stereocenters. The van der Waals surface area contributed by atoms with Crippen molar-refractivity contribution < 1.29 is 19.0 Å². The Hall–Kier alpha value is 0.0569. The first-order chi connectivity index (χ1) is 13.4. The summed E-state index contributed by atoms with van der Waals surface area (Å²) < 4.78 is 18.7. The molecule has 29 heavy (non-hydrogen) atoms. The first-order valence-electron chi connectivity index (χ1n) is 12.0. The largest absolute Gasteiger partial charge is 0.414 e. The van der Waals surface area contributed by atoms with Gasteiger partial charge in [0.25, 0.3) is 0 Å². The highest BCUT2D eigenvalue weighted by atomic mass is 28.4. The van der Waals surface area contributed by atoms with Gasteiger partial charge in [-0.15, -0.1) is 0 Å². The Balaban J connectivity index is 1.55. The maximum absolute atomic E-state index is 11.1. The fourth-order valence-electron chi connectivity index (χ4n) is 4.87. The summed E-state index contributed by atoms with van der Waals surface area (Å²) in [6, 6.07) is 0. The van der Waals surface area contributed by atoms with E-state index in [1.165, 1.54) is 19.3 Å². The van der Waals surface area contributed by atoms with Crippen LogP contribution in [0.4, 0.5) is 0 Å². The van der Waals surface area contributed by atoms with Gasteiger partial charge in [-0.1, -0.05) is 47.0 Å². The molecule has 2 saturated carbocycles. The van der Waals surface area contributed by atoms with Crippen LogP contribution in [0, 0.1) is 23.7 Å². The summed E-state index contributed by atoms with van der Waals surface area (Å²) in [4.78, 5) is 0. The highest BCUT2D eigenvalue weighted by Crippen LogP contribution is 2.56. The lowest BCUT2D eigenvalue weighted by atomic mass is 10.0. The van der Waals surface area contributed by atoms with Crippen molar-refractivity contribution in [3.05, 3.63) is 0 Å². The maximum Gasteiger partial charge on any atom is 0.192 e. The van der Waals surface area contributed by atoms with Crippen LogP contribution in [0.5, 0.6) is 0 Å². The van der Waals surface area contributed by atoms with E-state index in [1.54, 1.807) is 0 Å². The number of hydrogen-bond acceptors (Lipinski definition) is 4. The van der Waals surface area contributed by atoms with Gasteiger partial charge < -0.3 is 19.0 Å². The molecule has 0 aromatic carbocycles. The topological polar surface area (TPSA) is 47.9 Å². The van der Waals surface area contributed by atoms with Crippen molar-refractivity contribution in [2.45, 2.75) is 122 Å². The minimum absolute atomic E-state index is 0.158. The molecule has 7 atom stereocenters. The van der Waals surface area contributed by atoms with Gasteiger partial charge in [0.15, 0.2) is 14.1 Å². The molecule has 5 heteroatoms. The van der Waals surface area contributed by atoms with E-state index in [0.29, 0.717) is 36.4 Å². The van der Waals surface area contributed by atoms with E-state index < -0.39 is 14.1 Å². The maximum atomic E-state index is 11.1. The van der Waals surface area contributed by atoms with E-state index in [4.69, 9.17) is 13.9 Å². The van der Waals surface area contributed by atoms with Crippen LogP contribution in [0.1, 0.15) is 80.1 Å². The first kappa shape index (κ1) is 23.7. The number of unbranched alkanes of at least 4 members (excludes halogenated alkanes) is 2. The Morgan fingerprint density at radius 2 is 1.79 bits per heavy atom. The molecule has 1 heterocycles. The third-order valence-corrected chi connectivity index (χ3v) is 12.5. The standard InChI is InChI=1S/C24H46O4Si/c1-9-10-11-12-20(28-29(7,8)23(2,3)4)16-13-18(16)22(25)19-14-17(19)21-15-26-24(5,6)27-21/h16-22,25H,9-15H2,1-8H3/t16-,17+,18-,19+,20-,21-,22-/m1/s1. The molecule has 3 aliphatic rings. The Labute approximate surface area is 180 Å². The molecule has 2 aliphatic carbocycles. The van der Waals surface area contributed by atoms with Gasteiger partial charge >= 0.3 is 0 Å². The minimum atomic E-state index is -1.80. The van der Waals surface area contributed by atoms with E-state index in [2.05, 4.69) is 40.8 Å². The fraction of sp³-hybridized carbons (Fsp3) is 1.00. The van der Waals surface area contributed by atoms with Gasteiger partial charge in [0.05, 0.1) is 18.8 Å². The number of hydrogen-bond donors (Lipinski definition) is 1. The molecule has 3 fully saturated rings. The van der Waals surface area contributed by atoms with Crippen LogP contribution in [-0.2, 0) is 13.9 Å². The zero-order valence-electron chi connectivity index (χ0n) is 20.2. The lowest BCUT2D eigenvalue weighted by Gasteiger charge is -2.40. The predicted molar refractivity (Wildman–Crippen MR) is 120 cm³/mol. The van der Waals surface area contributed by atoms with Gasteiger partial charge in [0.2, 0.25) is 0 Å². The average molecular weight is 427 g/mol. The molecule has 0 aromatic heterocycles. The number of aliphatic hydroxyl groups is 1. The van der Waals surface area contributed by atoms with Gasteiger partial charge in [-0.25, -0.2) is 0 Å². The van der Waals surface area contributed by atoms with Gasteiger partial charge in [-0.3, -0.25) is 0 Å². The van der Waals surface area contributed by atoms with Crippen LogP contribution < -0.4 is 0 Å². The summed E-state index contributed by atoms with van der Waals surface area (Å²) in [6.45, 7) is 18.6. The highest BCUT2D eigenvalue weighted by Gasteiger charge is 2.58. The van der Waals surface area contributed by atoms with Crippen LogP contribution in [0.25, 0.3) is 0 Å². The molecule has 1 aliphatic heterocycles. The van der Waals surface area contributed by atoms with Crippen molar-refractivity contribution in [1.29, 1.82) is 0 Å². The molecule has 3 rings (SSSR count). The monoisotopic (exact) mass is 426 g/mol. The van der Waals surface area contributed by atoms with Crippen molar-refractivity contribution in [2.75, 3.05) is 6.61 Å². The molecule has 1 saturated heterocycles. The van der Waals surface area contributed by atoms with Crippen LogP contribution >= 0.6 is 0 Å². The Morgan fingerprint density at radius 1 is 1.10 bits per heavy atom. The summed E-state index contributed by atoms with van der Waals surface area (Å²) in [5.41, 5.74) is 0. The second-order valence-corrected chi connectivity index (χ2v) is 16.7. The molecule has 0 spiro atoms. The number of rotatable bonds is 10. The molecule has 4 nitrogen and oxygen atoms in total. The van der Waals surface area contributed by atoms with E-state index >= 15 is 0 Å². The highest BCUT2D eigenvalue weighted by molar-refractivity contribution is 6.74. The fourth-order valence-corrected chi connectivity index (χ4v) is 6.27. The Kier molecular flexibility index (Phi) is 6.98. The van der Waals surface area contributed by atoms with Crippen LogP contribution in [0.2, 0.25) is 18.1 Å². The van der Waals surface area contributed by atoms with Crippen LogP contribution in [0.15, 0.2) is 0 Å². The van der Waals surface area contributed by atoms with E-state index in [1.807, 2.05) is 13.8 Å². The lowest BCUT2D eigenvalue weighted by Crippen LogP contribution is -2.44. The number of ether oxygens (including phenoxy) is 2. The van der Waals surface area contributed by atoms with E-state index in [0.717, 1.165) is 19.3 Å². The minimum Gasteiger partial charge on any atom is -0.414 e. The van der Waals surface area contributed by atoms with Crippen molar-refractivity contribution >= 4 is 8.32 Å². The molecular weight excluding hydrogens is 380 g/mol. The van der Waals surface area contributed by atoms with Crippen LogP contribution in [0.3, 0.4) is 0 Å². The molecule has 1 N–H and O–H groups in total. The third-order valence-electron chi connectivity index (χ3n) is 7.99. The molecule has 0 aromatic rings.